The van der Waals surface area contributed by atoms with Crippen LogP contribution >= 0.6 is 0 Å². The molecule has 0 saturated heterocycles. The van der Waals surface area contributed by atoms with Gasteiger partial charge in [0.25, 0.3) is 0 Å². The lowest BCUT2D eigenvalue weighted by Gasteiger charge is -2.15. The van der Waals surface area contributed by atoms with Crippen LogP contribution in [0, 0.1) is 0 Å². The van der Waals surface area contributed by atoms with Crippen molar-refractivity contribution in [3.63, 3.8) is 0 Å². The van der Waals surface area contributed by atoms with E-state index in [-0.39, 0.29) is 0 Å². The molecule has 5 aromatic rings. The van der Waals surface area contributed by atoms with Crippen molar-refractivity contribution < 1.29 is 0 Å². The second-order valence-electron chi connectivity index (χ2n) is 6.84. The number of nitrogens with zero attached hydrogens (tertiary/aromatic N) is 1. The van der Waals surface area contributed by atoms with Crippen molar-refractivity contribution in [3.05, 3.63) is 114 Å². The van der Waals surface area contributed by atoms with Crippen molar-refractivity contribution in [3.8, 4) is 11.1 Å². The molecule has 1 heteroatoms. The van der Waals surface area contributed by atoms with Gasteiger partial charge in [0, 0.05) is 16.3 Å². The molecule has 0 spiro atoms. The molecule has 0 saturated carbocycles. The van der Waals surface area contributed by atoms with E-state index in [0.29, 0.717) is 0 Å². The van der Waals surface area contributed by atoms with Gasteiger partial charge in [-0.15, -0.1) is 0 Å². The summed E-state index contributed by atoms with van der Waals surface area (Å²) in [7, 11) is 0. The van der Waals surface area contributed by atoms with Gasteiger partial charge in [-0.3, -0.25) is 0 Å². The predicted octanol–water partition coefficient (Wildman–Crippen LogP) is 6.65. The molecule has 0 aliphatic carbocycles. The first kappa shape index (κ1) is 15.8. The first-order chi connectivity index (χ1) is 13.4. The number of para-hydroxylation sites is 1. The molecule has 4 aromatic carbocycles. The monoisotopic (exact) mass is 345 g/mol. The zero-order chi connectivity index (χ0) is 18.1. The minimum atomic E-state index is 0.901. The fraction of sp³-hybridized carbons (Fsp3) is 0.0385. The van der Waals surface area contributed by atoms with Crippen LogP contribution in [0.2, 0.25) is 0 Å². The number of benzene rings is 4. The normalized spacial score (nSPS) is 11.1. The highest BCUT2D eigenvalue weighted by molar-refractivity contribution is 6.10. The Hall–Kier alpha value is -3.45. The van der Waals surface area contributed by atoms with E-state index in [0.717, 1.165) is 17.5 Å². The SMILES string of the molecule is c1ccc(Cc2cccc3nc4ccccc4c(-c4ccccc4)c23)cc1. The van der Waals surface area contributed by atoms with E-state index >= 15 is 0 Å². The number of fused-ring (bicyclic) bond motifs is 2. The molecule has 0 bridgehead atoms. The molecule has 27 heavy (non-hydrogen) atoms. The molecular formula is C26H19N. The van der Waals surface area contributed by atoms with Crippen LogP contribution in [0.25, 0.3) is 32.9 Å². The summed E-state index contributed by atoms with van der Waals surface area (Å²) in [5, 5.41) is 2.46. The molecule has 1 heterocycles. The van der Waals surface area contributed by atoms with Crippen molar-refractivity contribution in [2.75, 3.05) is 0 Å². The first-order valence-electron chi connectivity index (χ1n) is 9.30. The van der Waals surface area contributed by atoms with Crippen molar-refractivity contribution in [2.45, 2.75) is 6.42 Å². The fourth-order valence-corrected chi connectivity index (χ4v) is 3.88. The largest absolute Gasteiger partial charge is 0.248 e. The van der Waals surface area contributed by atoms with Crippen molar-refractivity contribution >= 4 is 21.8 Å². The Labute approximate surface area is 158 Å². The van der Waals surface area contributed by atoms with Crippen LogP contribution in [0.1, 0.15) is 11.1 Å². The molecule has 0 radical (unpaired) electrons. The van der Waals surface area contributed by atoms with Crippen molar-refractivity contribution in [2.24, 2.45) is 0 Å². The average molecular weight is 345 g/mol. The fourth-order valence-electron chi connectivity index (χ4n) is 3.88. The van der Waals surface area contributed by atoms with Crippen LogP contribution in [-0.4, -0.2) is 4.98 Å². The molecule has 0 N–H and O–H groups in total. The second-order valence-corrected chi connectivity index (χ2v) is 6.84. The van der Waals surface area contributed by atoms with Crippen LogP contribution in [0.15, 0.2) is 103 Å². The Bertz CT molecular complexity index is 1220. The van der Waals surface area contributed by atoms with Crippen molar-refractivity contribution in [1.29, 1.82) is 0 Å². The van der Waals surface area contributed by atoms with E-state index in [1.807, 2.05) is 0 Å². The Morgan fingerprint density at radius 1 is 0.556 bits per heavy atom. The van der Waals surface area contributed by atoms with Crippen LogP contribution in [0.4, 0.5) is 0 Å². The number of pyridine rings is 1. The van der Waals surface area contributed by atoms with E-state index in [1.165, 1.54) is 33.0 Å². The van der Waals surface area contributed by atoms with Gasteiger partial charge < -0.3 is 0 Å². The van der Waals surface area contributed by atoms with Gasteiger partial charge in [0.2, 0.25) is 0 Å². The smallest absolute Gasteiger partial charge is 0.0718 e. The highest BCUT2D eigenvalue weighted by Crippen LogP contribution is 2.37. The van der Waals surface area contributed by atoms with Crippen LogP contribution < -0.4 is 0 Å². The lowest BCUT2D eigenvalue weighted by atomic mass is 9.91. The van der Waals surface area contributed by atoms with Gasteiger partial charge in [-0.1, -0.05) is 91.0 Å². The zero-order valence-corrected chi connectivity index (χ0v) is 15.0. The molecule has 0 aliphatic heterocycles. The molecule has 5 rings (SSSR count). The number of hydrogen-bond donors (Lipinski definition) is 0. The average Bonchev–Trinajstić information content (AvgIpc) is 2.74. The number of aromatic nitrogens is 1. The number of rotatable bonds is 3. The van der Waals surface area contributed by atoms with E-state index < -0.39 is 0 Å². The van der Waals surface area contributed by atoms with Crippen LogP contribution in [-0.2, 0) is 6.42 Å². The summed E-state index contributed by atoms with van der Waals surface area (Å²) < 4.78 is 0. The zero-order valence-electron chi connectivity index (χ0n) is 15.0. The van der Waals surface area contributed by atoms with Gasteiger partial charge in [0.05, 0.1) is 11.0 Å². The van der Waals surface area contributed by atoms with Gasteiger partial charge in [-0.05, 0) is 35.2 Å². The van der Waals surface area contributed by atoms with Crippen LogP contribution in [0.3, 0.4) is 0 Å². The highest BCUT2D eigenvalue weighted by atomic mass is 14.7. The predicted molar refractivity (Wildman–Crippen MR) is 114 cm³/mol. The van der Waals surface area contributed by atoms with Gasteiger partial charge in [-0.25, -0.2) is 4.98 Å². The molecule has 0 atom stereocenters. The molecule has 128 valence electrons. The summed E-state index contributed by atoms with van der Waals surface area (Å²) in [6.07, 6.45) is 0.901. The molecule has 0 aliphatic rings. The molecular weight excluding hydrogens is 326 g/mol. The van der Waals surface area contributed by atoms with Crippen LogP contribution in [0.5, 0.6) is 0 Å². The quantitative estimate of drug-likeness (QED) is 0.334. The number of hydrogen-bond acceptors (Lipinski definition) is 1. The van der Waals surface area contributed by atoms with Gasteiger partial charge in [0.15, 0.2) is 0 Å². The third-order valence-corrected chi connectivity index (χ3v) is 5.09. The Kier molecular flexibility index (Phi) is 3.91. The molecule has 0 fully saturated rings. The minimum Gasteiger partial charge on any atom is -0.248 e. The summed E-state index contributed by atoms with van der Waals surface area (Å²) >= 11 is 0. The van der Waals surface area contributed by atoms with E-state index in [2.05, 4.69) is 103 Å². The van der Waals surface area contributed by atoms with E-state index in [4.69, 9.17) is 4.98 Å². The molecule has 1 nitrogen and oxygen atoms in total. The molecule has 0 unspecified atom stereocenters. The lowest BCUT2D eigenvalue weighted by Crippen LogP contribution is -1.95. The summed E-state index contributed by atoms with van der Waals surface area (Å²) in [5.41, 5.74) is 7.25. The maximum Gasteiger partial charge on any atom is 0.0718 e. The van der Waals surface area contributed by atoms with Gasteiger partial charge in [0.1, 0.15) is 0 Å². The third kappa shape index (κ3) is 2.88. The van der Waals surface area contributed by atoms with E-state index in [1.54, 1.807) is 0 Å². The maximum absolute atomic E-state index is 4.97. The summed E-state index contributed by atoms with van der Waals surface area (Å²) in [5.74, 6) is 0. The second kappa shape index (κ2) is 6.69. The summed E-state index contributed by atoms with van der Waals surface area (Å²) in [4.78, 5) is 4.97. The first-order valence-corrected chi connectivity index (χ1v) is 9.30. The van der Waals surface area contributed by atoms with Gasteiger partial charge >= 0.3 is 0 Å². The maximum atomic E-state index is 4.97. The molecule has 0 amide bonds. The Balaban J connectivity index is 1.86. The Morgan fingerprint density at radius 3 is 2.04 bits per heavy atom. The lowest BCUT2D eigenvalue weighted by molar-refractivity contribution is 1.21. The standard InChI is InChI=1S/C26H19N/c1-3-10-19(11-4-1)18-21-14-9-17-24-26(21)25(20-12-5-2-6-13-20)22-15-7-8-16-23(22)27-24/h1-17H,18H2. The minimum absolute atomic E-state index is 0.901. The topological polar surface area (TPSA) is 12.9 Å². The highest BCUT2D eigenvalue weighted by Gasteiger charge is 2.14. The summed E-state index contributed by atoms with van der Waals surface area (Å²) in [6, 6.07) is 36.3. The third-order valence-electron chi connectivity index (χ3n) is 5.09. The van der Waals surface area contributed by atoms with E-state index in [9.17, 15) is 0 Å². The van der Waals surface area contributed by atoms with Crippen molar-refractivity contribution in [1.82, 2.24) is 4.98 Å². The summed E-state index contributed by atoms with van der Waals surface area (Å²) in [6.45, 7) is 0. The Morgan fingerprint density at radius 2 is 1.22 bits per heavy atom. The van der Waals surface area contributed by atoms with Gasteiger partial charge in [-0.2, -0.15) is 0 Å². The molecule has 1 aromatic heterocycles.